The molecule has 0 radical (unpaired) electrons. The lowest BCUT2D eigenvalue weighted by Gasteiger charge is -2.23. The van der Waals surface area contributed by atoms with Gasteiger partial charge in [-0.05, 0) is 26.1 Å². The Morgan fingerprint density at radius 1 is 1.35 bits per heavy atom. The fraction of sp³-hybridized carbons (Fsp3) is 0.429. The highest BCUT2D eigenvalue weighted by atomic mass is 16.6. The fourth-order valence-electron chi connectivity index (χ4n) is 2.00. The summed E-state index contributed by atoms with van der Waals surface area (Å²) in [6.45, 7) is 2.44. The number of ether oxygens (including phenoxy) is 2. The highest BCUT2D eigenvalue weighted by Crippen LogP contribution is 2.35. The maximum Gasteiger partial charge on any atom is 0.271 e. The number of para-hydroxylation sites is 2. The molecule has 2 unspecified atom stereocenters. The number of hydrogen-bond acceptors (Lipinski definition) is 6. The van der Waals surface area contributed by atoms with Crippen LogP contribution in [-0.4, -0.2) is 29.8 Å². The molecule has 0 amide bonds. The summed E-state index contributed by atoms with van der Waals surface area (Å²) in [6.07, 6.45) is 0.362. The number of aromatic nitrogens is 2. The third-order valence-corrected chi connectivity index (χ3v) is 3.25. The summed E-state index contributed by atoms with van der Waals surface area (Å²) >= 11 is 0. The maximum absolute atomic E-state index is 5.83. The van der Waals surface area contributed by atoms with Crippen LogP contribution in [0.2, 0.25) is 0 Å². The zero-order chi connectivity index (χ0) is 13.9. The van der Waals surface area contributed by atoms with E-state index in [1.165, 1.54) is 0 Å². The first-order chi connectivity index (χ1) is 9.76. The van der Waals surface area contributed by atoms with E-state index in [0.29, 0.717) is 36.5 Å². The summed E-state index contributed by atoms with van der Waals surface area (Å²) in [6, 6.07) is 7.84. The third kappa shape index (κ3) is 2.60. The van der Waals surface area contributed by atoms with Crippen molar-refractivity contribution in [3.63, 3.8) is 0 Å². The van der Waals surface area contributed by atoms with Crippen molar-refractivity contribution in [3.8, 4) is 11.5 Å². The van der Waals surface area contributed by atoms with Gasteiger partial charge in [0.05, 0.1) is 0 Å². The fourth-order valence-corrected chi connectivity index (χ4v) is 2.00. The zero-order valence-corrected chi connectivity index (χ0v) is 11.5. The van der Waals surface area contributed by atoms with Gasteiger partial charge in [0, 0.05) is 12.5 Å². The molecule has 1 aromatic carbocycles. The Balaban J connectivity index is 1.72. The summed E-state index contributed by atoms with van der Waals surface area (Å²) in [5.41, 5.74) is 0. The molecule has 1 aliphatic rings. The van der Waals surface area contributed by atoms with Crippen LogP contribution in [0.4, 0.5) is 0 Å². The van der Waals surface area contributed by atoms with E-state index in [4.69, 9.17) is 14.0 Å². The molecule has 0 bridgehead atoms. The van der Waals surface area contributed by atoms with Crippen LogP contribution in [0, 0.1) is 0 Å². The molecule has 0 fully saturated rings. The average Bonchev–Trinajstić information content (AvgIpc) is 2.95. The van der Waals surface area contributed by atoms with E-state index in [1.807, 2.05) is 31.3 Å². The first kappa shape index (κ1) is 12.9. The summed E-state index contributed by atoms with van der Waals surface area (Å²) in [4.78, 5) is 4.37. The molecule has 3 rings (SSSR count). The Morgan fingerprint density at radius 3 is 2.95 bits per heavy atom. The van der Waals surface area contributed by atoms with Gasteiger partial charge in [0.25, 0.3) is 5.89 Å². The monoisotopic (exact) mass is 275 g/mol. The lowest BCUT2D eigenvalue weighted by Crippen LogP contribution is -2.24. The normalized spacial score (nSPS) is 18.8. The molecule has 0 aliphatic carbocycles. The lowest BCUT2D eigenvalue weighted by molar-refractivity contribution is 0.0665. The van der Waals surface area contributed by atoms with Crippen molar-refractivity contribution < 1.29 is 14.0 Å². The van der Waals surface area contributed by atoms with Gasteiger partial charge in [-0.3, -0.25) is 0 Å². The summed E-state index contributed by atoms with van der Waals surface area (Å²) < 4.78 is 16.7. The van der Waals surface area contributed by atoms with Gasteiger partial charge < -0.3 is 19.3 Å². The molecule has 1 aromatic heterocycles. The smallest absolute Gasteiger partial charge is 0.271 e. The number of nitrogens with one attached hydrogen (secondary N) is 1. The van der Waals surface area contributed by atoms with Crippen molar-refractivity contribution >= 4 is 0 Å². The molecule has 0 saturated carbocycles. The molecule has 2 atom stereocenters. The molecule has 6 nitrogen and oxygen atoms in total. The summed E-state index contributed by atoms with van der Waals surface area (Å²) in [7, 11) is 1.90. The number of rotatable bonds is 4. The van der Waals surface area contributed by atoms with Crippen molar-refractivity contribution in [1.82, 2.24) is 15.5 Å². The number of nitrogens with zero attached hydrogens (tertiary/aromatic N) is 2. The second-order valence-electron chi connectivity index (χ2n) is 4.81. The van der Waals surface area contributed by atoms with Crippen molar-refractivity contribution in [2.75, 3.05) is 13.7 Å². The van der Waals surface area contributed by atoms with E-state index >= 15 is 0 Å². The van der Waals surface area contributed by atoms with Crippen LogP contribution in [0.5, 0.6) is 11.5 Å². The van der Waals surface area contributed by atoms with Crippen molar-refractivity contribution in [1.29, 1.82) is 0 Å². The van der Waals surface area contributed by atoms with Gasteiger partial charge in [-0.25, -0.2) is 0 Å². The number of fused-ring (bicyclic) bond motifs is 1. The van der Waals surface area contributed by atoms with Gasteiger partial charge >= 0.3 is 0 Å². The van der Waals surface area contributed by atoms with E-state index in [9.17, 15) is 0 Å². The highest BCUT2D eigenvalue weighted by molar-refractivity contribution is 5.40. The summed E-state index contributed by atoms with van der Waals surface area (Å²) in [5, 5.41) is 7.11. The van der Waals surface area contributed by atoms with Gasteiger partial charge in [-0.15, -0.1) is 0 Å². The zero-order valence-electron chi connectivity index (χ0n) is 11.5. The maximum atomic E-state index is 5.83. The lowest BCUT2D eigenvalue weighted by atomic mass is 10.2. The quantitative estimate of drug-likeness (QED) is 0.916. The minimum atomic E-state index is -0.351. The number of hydrogen-bond donors (Lipinski definition) is 1. The van der Waals surface area contributed by atoms with Gasteiger partial charge in [-0.2, -0.15) is 4.98 Å². The van der Waals surface area contributed by atoms with Crippen molar-refractivity contribution in [2.45, 2.75) is 25.5 Å². The van der Waals surface area contributed by atoms with Gasteiger partial charge in [0.15, 0.2) is 17.3 Å². The first-order valence-corrected chi connectivity index (χ1v) is 6.64. The molecule has 1 N–H and O–H groups in total. The molecule has 2 heterocycles. The molecular formula is C14H17N3O3. The largest absolute Gasteiger partial charge is 0.485 e. The van der Waals surface area contributed by atoms with Gasteiger partial charge in [0.1, 0.15) is 6.61 Å². The van der Waals surface area contributed by atoms with Crippen LogP contribution in [0.3, 0.4) is 0 Å². The Kier molecular flexibility index (Phi) is 3.56. The Hall–Kier alpha value is -2.08. The van der Waals surface area contributed by atoms with Crippen LogP contribution in [0.1, 0.15) is 24.7 Å². The van der Waals surface area contributed by atoms with Crippen LogP contribution in [0.25, 0.3) is 0 Å². The predicted octanol–water partition coefficient (Wildman–Crippen LogP) is 1.73. The topological polar surface area (TPSA) is 69.4 Å². The molecule has 20 heavy (non-hydrogen) atoms. The first-order valence-electron chi connectivity index (χ1n) is 6.64. The van der Waals surface area contributed by atoms with Crippen LogP contribution < -0.4 is 14.8 Å². The second kappa shape index (κ2) is 5.50. The van der Waals surface area contributed by atoms with E-state index in [-0.39, 0.29) is 6.10 Å². The molecule has 106 valence electrons. The van der Waals surface area contributed by atoms with Crippen LogP contribution in [-0.2, 0) is 6.42 Å². The highest BCUT2D eigenvalue weighted by Gasteiger charge is 2.27. The van der Waals surface area contributed by atoms with Gasteiger partial charge in [0.2, 0.25) is 6.10 Å². The Morgan fingerprint density at radius 2 is 2.15 bits per heavy atom. The molecular weight excluding hydrogens is 258 g/mol. The van der Waals surface area contributed by atoms with Gasteiger partial charge in [-0.1, -0.05) is 17.3 Å². The van der Waals surface area contributed by atoms with E-state index in [0.717, 1.165) is 5.75 Å². The third-order valence-electron chi connectivity index (χ3n) is 3.25. The minimum absolute atomic E-state index is 0.296. The summed E-state index contributed by atoms with van der Waals surface area (Å²) in [5.74, 6) is 2.57. The average molecular weight is 275 g/mol. The Bertz CT molecular complexity index is 585. The predicted molar refractivity (Wildman–Crippen MR) is 71.8 cm³/mol. The minimum Gasteiger partial charge on any atom is -0.485 e. The van der Waals surface area contributed by atoms with Crippen molar-refractivity contribution in [3.05, 3.63) is 36.0 Å². The Labute approximate surface area is 117 Å². The van der Waals surface area contributed by atoms with E-state index in [2.05, 4.69) is 22.4 Å². The number of likely N-dealkylation sites (N-methyl/N-ethyl adjacent to an activating group) is 1. The van der Waals surface area contributed by atoms with E-state index < -0.39 is 0 Å². The van der Waals surface area contributed by atoms with Crippen molar-refractivity contribution in [2.24, 2.45) is 0 Å². The SMILES string of the molecule is CNC(C)Cc1noc(C2COc3ccccc3O2)n1. The van der Waals surface area contributed by atoms with Crippen LogP contribution >= 0.6 is 0 Å². The van der Waals surface area contributed by atoms with E-state index in [1.54, 1.807) is 0 Å². The molecule has 1 aliphatic heterocycles. The molecule has 0 saturated heterocycles. The van der Waals surface area contributed by atoms with Crippen LogP contribution in [0.15, 0.2) is 28.8 Å². The molecule has 6 heteroatoms. The molecule has 2 aromatic rings. The second-order valence-corrected chi connectivity index (χ2v) is 4.81. The number of benzene rings is 1. The standard InChI is InChI=1S/C14H17N3O3/c1-9(15-2)7-13-16-14(20-17-13)12-8-18-10-5-3-4-6-11(10)19-12/h3-6,9,12,15H,7-8H2,1-2H3. The molecule has 0 spiro atoms.